The molecule has 8 heteroatoms. The van der Waals surface area contributed by atoms with Crippen LogP contribution in [0.5, 0.6) is 0 Å². The van der Waals surface area contributed by atoms with E-state index in [-0.39, 0.29) is 29.6 Å². The maximum atomic E-state index is 12.9. The molecule has 2 heterocycles. The fraction of sp³-hybridized carbons (Fsp3) is 0.652. The van der Waals surface area contributed by atoms with E-state index in [0.717, 1.165) is 38.5 Å². The average molecular weight is 424 g/mol. The molecule has 0 radical (unpaired) electrons. The van der Waals surface area contributed by atoms with Gasteiger partial charge in [0.25, 0.3) is 0 Å². The Kier molecular flexibility index (Phi) is 4.99. The van der Waals surface area contributed by atoms with Crippen molar-refractivity contribution in [2.45, 2.75) is 50.7 Å². The highest BCUT2D eigenvalue weighted by atomic mass is 16.6. The van der Waals surface area contributed by atoms with E-state index in [4.69, 9.17) is 10.00 Å². The molecule has 1 aromatic heterocycles. The van der Waals surface area contributed by atoms with Gasteiger partial charge in [-0.05, 0) is 68.4 Å². The minimum atomic E-state index is -0.245. The zero-order valence-corrected chi connectivity index (χ0v) is 17.8. The van der Waals surface area contributed by atoms with Gasteiger partial charge in [-0.2, -0.15) is 5.26 Å². The van der Waals surface area contributed by atoms with Gasteiger partial charge in [-0.15, -0.1) is 0 Å². The van der Waals surface area contributed by atoms with Crippen LogP contribution in [0.15, 0.2) is 18.3 Å². The lowest BCUT2D eigenvalue weighted by Gasteiger charge is -2.58. The van der Waals surface area contributed by atoms with E-state index in [1.165, 1.54) is 0 Å². The Morgan fingerprint density at radius 3 is 2.68 bits per heavy atom. The van der Waals surface area contributed by atoms with Crippen LogP contribution in [0.4, 0.5) is 10.6 Å². The summed E-state index contributed by atoms with van der Waals surface area (Å²) in [6.07, 6.45) is 6.89. The summed E-state index contributed by atoms with van der Waals surface area (Å²) in [5.41, 5.74) is 0.279. The Labute approximate surface area is 182 Å². The van der Waals surface area contributed by atoms with Crippen molar-refractivity contribution < 1.29 is 14.3 Å². The van der Waals surface area contributed by atoms with Crippen molar-refractivity contribution in [3.63, 3.8) is 0 Å². The molecule has 4 aliphatic carbocycles. The molecule has 1 aliphatic heterocycles. The van der Waals surface area contributed by atoms with E-state index in [9.17, 15) is 9.59 Å². The summed E-state index contributed by atoms with van der Waals surface area (Å²) in [6, 6.07) is 5.69. The van der Waals surface area contributed by atoms with Gasteiger partial charge >= 0.3 is 6.09 Å². The predicted molar refractivity (Wildman–Crippen MR) is 113 cm³/mol. The predicted octanol–water partition coefficient (Wildman–Crippen LogP) is 2.52. The first-order chi connectivity index (χ1) is 15.0. The Balaban J connectivity index is 1.18. The van der Waals surface area contributed by atoms with Crippen molar-refractivity contribution >= 4 is 17.8 Å². The number of amides is 2. The van der Waals surface area contributed by atoms with Crippen LogP contribution in [0.3, 0.4) is 0 Å². The van der Waals surface area contributed by atoms with Gasteiger partial charge in [0.1, 0.15) is 18.0 Å². The van der Waals surface area contributed by atoms with E-state index < -0.39 is 0 Å². The van der Waals surface area contributed by atoms with E-state index in [2.05, 4.69) is 21.7 Å². The van der Waals surface area contributed by atoms with Crippen LogP contribution in [0.1, 0.15) is 44.1 Å². The number of anilines is 1. The molecule has 2 amide bonds. The normalized spacial score (nSPS) is 35.5. The number of nitrogens with zero attached hydrogens (tertiary/aromatic N) is 3. The summed E-state index contributed by atoms with van der Waals surface area (Å²) in [4.78, 5) is 31.5. The highest BCUT2D eigenvalue weighted by molar-refractivity contribution is 5.83. The lowest BCUT2D eigenvalue weighted by molar-refractivity contribution is -0.164. The lowest BCUT2D eigenvalue weighted by atomic mass is 9.48. The molecule has 1 aromatic rings. The SMILES string of the molecule is CNC(=O)[C@]12CC3CC(C1)C(OC(=O)N1CC[C@@H](Nc4ccc(C#N)cn4)C1)[C@H](C3)C2. The minimum absolute atomic E-state index is 0.0611. The van der Waals surface area contributed by atoms with Gasteiger partial charge in [0, 0.05) is 32.4 Å². The topological polar surface area (TPSA) is 107 Å². The third-order valence-electron chi connectivity index (χ3n) is 7.82. The molecule has 5 fully saturated rings. The number of carbonyl (C=O) groups excluding carboxylic acids is 2. The molecule has 31 heavy (non-hydrogen) atoms. The molecule has 164 valence electrons. The number of carbonyl (C=O) groups is 2. The molecule has 6 rings (SSSR count). The van der Waals surface area contributed by atoms with Crippen LogP contribution in [-0.4, -0.2) is 54.2 Å². The van der Waals surface area contributed by atoms with E-state index in [0.29, 0.717) is 42.2 Å². The molecule has 1 saturated heterocycles. The quantitative estimate of drug-likeness (QED) is 0.771. The van der Waals surface area contributed by atoms with Gasteiger partial charge in [0.2, 0.25) is 5.91 Å². The maximum Gasteiger partial charge on any atom is 0.410 e. The number of hydrogen-bond acceptors (Lipinski definition) is 6. The van der Waals surface area contributed by atoms with Crippen LogP contribution < -0.4 is 10.6 Å². The van der Waals surface area contributed by atoms with Gasteiger partial charge in [-0.3, -0.25) is 4.79 Å². The van der Waals surface area contributed by atoms with Crippen LogP contribution in [0.2, 0.25) is 0 Å². The van der Waals surface area contributed by atoms with Crippen LogP contribution in [-0.2, 0) is 9.53 Å². The number of rotatable bonds is 4. The van der Waals surface area contributed by atoms with Crippen molar-refractivity contribution in [3.05, 3.63) is 23.9 Å². The summed E-state index contributed by atoms with van der Waals surface area (Å²) < 4.78 is 6.07. The van der Waals surface area contributed by atoms with Crippen molar-refractivity contribution in [3.8, 4) is 6.07 Å². The van der Waals surface area contributed by atoms with Gasteiger partial charge in [-0.25, -0.2) is 9.78 Å². The number of likely N-dealkylation sites (tertiary alicyclic amines) is 1. The fourth-order valence-corrected chi connectivity index (χ4v) is 6.70. The third kappa shape index (κ3) is 3.60. The Morgan fingerprint density at radius 2 is 2.03 bits per heavy atom. The molecule has 0 aromatic carbocycles. The van der Waals surface area contributed by atoms with E-state index in [1.54, 1.807) is 30.3 Å². The van der Waals surface area contributed by atoms with Gasteiger partial charge in [0.15, 0.2) is 0 Å². The van der Waals surface area contributed by atoms with Gasteiger partial charge in [-0.1, -0.05) is 0 Å². The fourth-order valence-electron chi connectivity index (χ4n) is 6.70. The van der Waals surface area contributed by atoms with Crippen molar-refractivity contribution in [1.29, 1.82) is 5.26 Å². The molecule has 4 bridgehead atoms. The standard InChI is InChI=1S/C23H29N5O3/c1-25-21(29)23-8-15-6-16(9-23)20(17(7-15)10-23)31-22(30)28-5-4-18(13-28)27-19-3-2-14(11-24)12-26-19/h2-3,12,15-18,20H,4-10,13H2,1H3,(H,25,29)(H,26,27)/t15?,16-,17?,18-,20?,23+/m1/s1. The average Bonchev–Trinajstić information content (AvgIpc) is 3.24. The molecular formula is C23H29N5O3. The highest BCUT2D eigenvalue weighted by Gasteiger charge is 2.59. The molecule has 6 atom stereocenters. The second kappa shape index (κ2) is 7.70. The number of nitrogens with one attached hydrogen (secondary N) is 2. The summed E-state index contributed by atoms with van der Waals surface area (Å²) in [6.45, 7) is 1.23. The zero-order chi connectivity index (χ0) is 21.6. The molecular weight excluding hydrogens is 394 g/mol. The van der Waals surface area contributed by atoms with Crippen LogP contribution in [0, 0.1) is 34.5 Å². The molecule has 3 unspecified atom stereocenters. The number of nitriles is 1. The maximum absolute atomic E-state index is 12.9. The number of hydrogen-bond donors (Lipinski definition) is 2. The van der Waals surface area contributed by atoms with Gasteiger partial charge in [0.05, 0.1) is 11.0 Å². The van der Waals surface area contributed by atoms with Crippen molar-refractivity contribution in [1.82, 2.24) is 15.2 Å². The second-order valence-corrected chi connectivity index (χ2v) is 9.80. The third-order valence-corrected chi connectivity index (χ3v) is 7.82. The minimum Gasteiger partial charge on any atom is -0.446 e. The Hall–Kier alpha value is -2.82. The molecule has 4 saturated carbocycles. The van der Waals surface area contributed by atoms with E-state index >= 15 is 0 Å². The Morgan fingerprint density at radius 1 is 1.26 bits per heavy atom. The number of ether oxygens (including phenoxy) is 1. The summed E-state index contributed by atoms with van der Waals surface area (Å²) in [5, 5.41) is 15.1. The first kappa shape index (κ1) is 20.1. The first-order valence-corrected chi connectivity index (χ1v) is 11.3. The van der Waals surface area contributed by atoms with Crippen molar-refractivity contribution in [2.24, 2.45) is 23.2 Å². The molecule has 2 N–H and O–H groups in total. The lowest BCUT2D eigenvalue weighted by Crippen LogP contribution is -2.59. The smallest absolute Gasteiger partial charge is 0.410 e. The first-order valence-electron chi connectivity index (χ1n) is 11.3. The highest BCUT2D eigenvalue weighted by Crippen LogP contribution is 2.60. The summed E-state index contributed by atoms with van der Waals surface area (Å²) >= 11 is 0. The molecule has 0 spiro atoms. The van der Waals surface area contributed by atoms with Crippen molar-refractivity contribution in [2.75, 3.05) is 25.5 Å². The summed E-state index contributed by atoms with van der Waals surface area (Å²) in [7, 11) is 1.73. The number of pyridine rings is 1. The molecule has 8 nitrogen and oxygen atoms in total. The number of aromatic nitrogens is 1. The second-order valence-electron chi connectivity index (χ2n) is 9.80. The van der Waals surface area contributed by atoms with Crippen LogP contribution >= 0.6 is 0 Å². The Bertz CT molecular complexity index is 895. The molecule has 5 aliphatic rings. The van der Waals surface area contributed by atoms with Gasteiger partial charge < -0.3 is 20.3 Å². The monoisotopic (exact) mass is 423 g/mol. The zero-order valence-electron chi connectivity index (χ0n) is 17.8. The van der Waals surface area contributed by atoms with E-state index in [1.807, 2.05) is 0 Å². The summed E-state index contributed by atoms with van der Waals surface area (Å²) in [5.74, 6) is 2.06. The largest absolute Gasteiger partial charge is 0.446 e. The van der Waals surface area contributed by atoms with Crippen LogP contribution in [0.25, 0.3) is 0 Å².